The highest BCUT2D eigenvalue weighted by molar-refractivity contribution is 7.80. The summed E-state index contributed by atoms with van der Waals surface area (Å²) < 4.78 is 0. The Balaban J connectivity index is 1.99. The number of rotatable bonds is 5. The Morgan fingerprint density at radius 2 is 2.27 bits per heavy atom. The molecular weight excluding hydrogens is 314 g/mol. The highest BCUT2D eigenvalue weighted by Crippen LogP contribution is 2.41. The molecule has 6 heteroatoms. The summed E-state index contributed by atoms with van der Waals surface area (Å²) in [7, 11) is 0. The number of aryl methyl sites for hydroxylation is 1. The van der Waals surface area contributed by atoms with Crippen molar-refractivity contribution in [3.8, 4) is 0 Å². The van der Waals surface area contributed by atoms with Gasteiger partial charge in [-0.25, -0.2) is 0 Å². The van der Waals surface area contributed by atoms with E-state index in [9.17, 15) is 0 Å². The summed E-state index contributed by atoms with van der Waals surface area (Å²) in [6, 6.07) is 8.28. The standard InChI is InChI=1S/C16H19N3OS2/c1-11-6-10-22-15(11)14-13(12-5-2-3-7-17-12)18-16(21)19(14)8-4-9-20/h2-3,5-7,10,13-14,20H,4,8-9H2,1H3,(H,18,21)/t13-,14-/m0/s1. The molecule has 0 spiro atoms. The molecule has 0 saturated carbocycles. The van der Waals surface area contributed by atoms with Gasteiger partial charge in [0.05, 0.1) is 17.8 Å². The fourth-order valence-corrected chi connectivity index (χ4v) is 4.27. The smallest absolute Gasteiger partial charge is 0.170 e. The maximum atomic E-state index is 9.17. The fraction of sp³-hybridized carbons (Fsp3) is 0.375. The fourth-order valence-electron chi connectivity index (χ4n) is 2.86. The van der Waals surface area contributed by atoms with E-state index >= 15 is 0 Å². The molecule has 22 heavy (non-hydrogen) atoms. The maximum absolute atomic E-state index is 9.17. The molecule has 0 radical (unpaired) electrons. The molecule has 0 aliphatic carbocycles. The van der Waals surface area contributed by atoms with Gasteiger partial charge in [-0.2, -0.15) is 0 Å². The summed E-state index contributed by atoms with van der Waals surface area (Å²) in [6.07, 6.45) is 2.52. The van der Waals surface area contributed by atoms with Gasteiger partial charge < -0.3 is 15.3 Å². The van der Waals surface area contributed by atoms with E-state index in [-0.39, 0.29) is 18.7 Å². The van der Waals surface area contributed by atoms with E-state index in [1.807, 2.05) is 24.4 Å². The zero-order valence-electron chi connectivity index (χ0n) is 12.4. The second kappa shape index (κ2) is 6.73. The van der Waals surface area contributed by atoms with Crippen LogP contribution in [0, 0.1) is 6.92 Å². The lowest BCUT2D eigenvalue weighted by Gasteiger charge is -2.27. The van der Waals surface area contributed by atoms with Gasteiger partial charge in [-0.15, -0.1) is 11.3 Å². The zero-order valence-corrected chi connectivity index (χ0v) is 14.0. The van der Waals surface area contributed by atoms with Crippen LogP contribution in [0.15, 0.2) is 35.8 Å². The molecule has 1 fully saturated rings. The van der Waals surface area contributed by atoms with Crippen LogP contribution in [-0.4, -0.2) is 33.3 Å². The average Bonchev–Trinajstić information content (AvgIpc) is 3.09. The number of aliphatic hydroxyl groups excluding tert-OH is 1. The Bertz CT molecular complexity index is 644. The summed E-state index contributed by atoms with van der Waals surface area (Å²) in [5, 5.41) is 15.4. The van der Waals surface area contributed by atoms with Gasteiger partial charge in [0.2, 0.25) is 0 Å². The number of aliphatic hydroxyl groups is 1. The van der Waals surface area contributed by atoms with E-state index < -0.39 is 0 Å². The third-order valence-corrected chi connectivity index (χ3v) is 5.37. The first-order chi connectivity index (χ1) is 10.7. The van der Waals surface area contributed by atoms with Crippen LogP contribution in [0.25, 0.3) is 0 Å². The van der Waals surface area contributed by atoms with Crippen LogP contribution < -0.4 is 5.32 Å². The number of thiocarbonyl (C=S) groups is 1. The van der Waals surface area contributed by atoms with E-state index in [0.29, 0.717) is 6.42 Å². The summed E-state index contributed by atoms with van der Waals surface area (Å²) >= 11 is 7.29. The van der Waals surface area contributed by atoms with Crippen LogP contribution in [0.2, 0.25) is 0 Å². The minimum absolute atomic E-state index is 0.0461. The predicted octanol–water partition coefficient (Wildman–Crippen LogP) is 2.81. The van der Waals surface area contributed by atoms with Gasteiger partial charge in [-0.05, 0) is 54.7 Å². The molecule has 4 nitrogen and oxygen atoms in total. The quantitative estimate of drug-likeness (QED) is 0.824. The first kappa shape index (κ1) is 15.4. The number of aromatic nitrogens is 1. The maximum Gasteiger partial charge on any atom is 0.170 e. The summed E-state index contributed by atoms with van der Waals surface area (Å²) in [5.41, 5.74) is 2.27. The topological polar surface area (TPSA) is 48.4 Å². The predicted molar refractivity (Wildman–Crippen MR) is 92.9 cm³/mol. The molecular formula is C16H19N3OS2. The van der Waals surface area contributed by atoms with Crippen molar-refractivity contribution in [3.05, 3.63) is 52.0 Å². The van der Waals surface area contributed by atoms with Gasteiger partial charge in [0, 0.05) is 24.2 Å². The molecule has 116 valence electrons. The van der Waals surface area contributed by atoms with Gasteiger partial charge in [-0.1, -0.05) is 6.07 Å². The van der Waals surface area contributed by atoms with E-state index in [1.165, 1.54) is 10.4 Å². The zero-order chi connectivity index (χ0) is 15.5. The van der Waals surface area contributed by atoms with Gasteiger partial charge in [0.15, 0.2) is 5.11 Å². The van der Waals surface area contributed by atoms with E-state index in [4.69, 9.17) is 17.3 Å². The van der Waals surface area contributed by atoms with Crippen molar-refractivity contribution < 1.29 is 5.11 Å². The monoisotopic (exact) mass is 333 g/mol. The highest BCUT2D eigenvalue weighted by Gasteiger charge is 2.40. The van der Waals surface area contributed by atoms with Crippen molar-refractivity contribution in [1.82, 2.24) is 15.2 Å². The number of thiophene rings is 1. The summed E-state index contributed by atoms with van der Waals surface area (Å²) in [4.78, 5) is 8.00. The second-order valence-corrected chi connectivity index (χ2v) is 6.70. The van der Waals surface area contributed by atoms with Crippen LogP contribution >= 0.6 is 23.6 Å². The molecule has 2 N–H and O–H groups in total. The molecule has 2 aromatic rings. The molecule has 0 unspecified atom stereocenters. The summed E-state index contributed by atoms with van der Waals surface area (Å²) in [6.45, 7) is 3.05. The third-order valence-electron chi connectivity index (χ3n) is 3.93. The Kier molecular flexibility index (Phi) is 4.71. The minimum Gasteiger partial charge on any atom is -0.396 e. The number of nitrogens with one attached hydrogen (secondary N) is 1. The van der Waals surface area contributed by atoms with Crippen LogP contribution in [0.3, 0.4) is 0 Å². The van der Waals surface area contributed by atoms with Crippen LogP contribution in [0.1, 0.15) is 34.6 Å². The average molecular weight is 333 g/mol. The number of nitrogens with zero attached hydrogens (tertiary/aromatic N) is 2. The molecule has 2 aromatic heterocycles. The van der Waals surface area contributed by atoms with Crippen LogP contribution in [-0.2, 0) is 0 Å². The van der Waals surface area contributed by atoms with Gasteiger partial charge in [0.25, 0.3) is 0 Å². The van der Waals surface area contributed by atoms with Gasteiger partial charge >= 0.3 is 0 Å². The van der Waals surface area contributed by atoms with Gasteiger partial charge in [-0.3, -0.25) is 4.98 Å². The largest absolute Gasteiger partial charge is 0.396 e. The van der Waals surface area contributed by atoms with Gasteiger partial charge in [0.1, 0.15) is 0 Å². The van der Waals surface area contributed by atoms with Crippen LogP contribution in [0.5, 0.6) is 0 Å². The Morgan fingerprint density at radius 1 is 1.41 bits per heavy atom. The molecule has 1 saturated heterocycles. The normalized spacial score (nSPS) is 21.2. The molecule has 2 atom stereocenters. The van der Waals surface area contributed by atoms with E-state index in [2.05, 4.69) is 33.6 Å². The molecule has 0 aromatic carbocycles. The van der Waals surface area contributed by atoms with E-state index in [1.54, 1.807) is 11.3 Å². The molecule has 3 heterocycles. The highest BCUT2D eigenvalue weighted by atomic mass is 32.1. The lowest BCUT2D eigenvalue weighted by molar-refractivity contribution is 0.248. The Labute approximate surface area is 139 Å². The van der Waals surface area contributed by atoms with Crippen LogP contribution in [0.4, 0.5) is 0 Å². The molecule has 3 rings (SSSR count). The first-order valence-corrected chi connectivity index (χ1v) is 8.64. The Hall–Kier alpha value is -1.50. The molecule has 1 aliphatic rings. The van der Waals surface area contributed by atoms with Crippen molar-refractivity contribution in [2.24, 2.45) is 0 Å². The number of hydrogen-bond acceptors (Lipinski definition) is 4. The van der Waals surface area contributed by atoms with Crippen molar-refractivity contribution >= 4 is 28.7 Å². The van der Waals surface area contributed by atoms with Crippen molar-refractivity contribution in [3.63, 3.8) is 0 Å². The molecule has 0 bridgehead atoms. The molecule has 1 aliphatic heterocycles. The second-order valence-electron chi connectivity index (χ2n) is 5.37. The van der Waals surface area contributed by atoms with Crippen molar-refractivity contribution in [2.75, 3.05) is 13.2 Å². The van der Waals surface area contributed by atoms with Crippen molar-refractivity contribution in [2.45, 2.75) is 25.4 Å². The summed E-state index contributed by atoms with van der Waals surface area (Å²) in [5.74, 6) is 0. The van der Waals surface area contributed by atoms with E-state index in [0.717, 1.165) is 17.4 Å². The SMILES string of the molecule is Cc1ccsc1[C@@H]1[C@H](c2ccccn2)NC(=S)N1CCCO. The number of pyridine rings is 1. The first-order valence-electron chi connectivity index (χ1n) is 7.35. The third kappa shape index (κ3) is 2.86. The lowest BCUT2D eigenvalue weighted by atomic mass is 10.0. The Morgan fingerprint density at radius 3 is 2.91 bits per heavy atom. The molecule has 0 amide bonds. The van der Waals surface area contributed by atoms with Crippen molar-refractivity contribution in [1.29, 1.82) is 0 Å². The minimum atomic E-state index is 0.0461. The number of hydrogen-bond donors (Lipinski definition) is 2. The lowest BCUT2D eigenvalue weighted by Crippen LogP contribution is -2.31.